The monoisotopic (exact) mass is 432 g/mol. The highest BCUT2D eigenvalue weighted by molar-refractivity contribution is 7.71. The average Bonchev–Trinajstić information content (AvgIpc) is 2.90. The fourth-order valence-electron chi connectivity index (χ4n) is 2.05. The lowest BCUT2D eigenvalue weighted by Gasteiger charge is -2.05. The topological polar surface area (TPSA) is 66.2 Å². The number of aromatic nitrogens is 3. The van der Waals surface area contributed by atoms with Gasteiger partial charge in [0, 0.05) is 21.2 Å². The second-order valence-electron chi connectivity index (χ2n) is 4.86. The summed E-state index contributed by atoms with van der Waals surface area (Å²) in [6.07, 6.45) is 1.37. The summed E-state index contributed by atoms with van der Waals surface area (Å²) in [5.41, 5.74) is 0.915. The summed E-state index contributed by atoms with van der Waals surface area (Å²) >= 11 is 29.2. The normalized spacial score (nSPS) is 11.4. The molecule has 0 atom stereocenters. The fourth-order valence-corrected chi connectivity index (χ4v) is 3.23. The first-order valence-corrected chi connectivity index (χ1v) is 8.64. The van der Waals surface area contributed by atoms with Crippen molar-refractivity contribution in [1.29, 1.82) is 0 Å². The van der Waals surface area contributed by atoms with Crippen LogP contribution in [0.4, 0.5) is 0 Å². The van der Waals surface area contributed by atoms with Gasteiger partial charge in [-0.25, -0.2) is 5.10 Å². The predicted octanol–water partition coefficient (Wildman–Crippen LogP) is 5.81. The number of aromatic hydroxyl groups is 1. The number of nitrogens with zero attached hydrogens (tertiary/aromatic N) is 3. The molecule has 0 aliphatic carbocycles. The van der Waals surface area contributed by atoms with Crippen molar-refractivity contribution in [2.75, 3.05) is 0 Å². The minimum atomic E-state index is -0.143. The number of hydrogen-bond acceptors (Lipinski definition) is 4. The number of hydrogen-bond donors (Lipinski definition) is 2. The Bertz CT molecular complexity index is 1040. The first-order chi connectivity index (χ1) is 11.9. The summed E-state index contributed by atoms with van der Waals surface area (Å²) in [6, 6.07) is 7.92. The molecule has 0 unspecified atom stereocenters. The van der Waals surface area contributed by atoms with Crippen molar-refractivity contribution in [3.63, 3.8) is 0 Å². The van der Waals surface area contributed by atoms with Crippen molar-refractivity contribution in [1.82, 2.24) is 14.9 Å². The van der Waals surface area contributed by atoms with E-state index in [1.54, 1.807) is 18.2 Å². The van der Waals surface area contributed by atoms with Crippen LogP contribution in [0.15, 0.2) is 35.4 Å². The van der Waals surface area contributed by atoms with Crippen LogP contribution in [0.1, 0.15) is 5.56 Å². The lowest BCUT2D eigenvalue weighted by Crippen LogP contribution is -1.96. The van der Waals surface area contributed by atoms with Gasteiger partial charge in [-0.05, 0) is 42.5 Å². The van der Waals surface area contributed by atoms with E-state index in [0.29, 0.717) is 32.0 Å². The van der Waals surface area contributed by atoms with E-state index in [1.165, 1.54) is 23.0 Å². The van der Waals surface area contributed by atoms with Crippen molar-refractivity contribution >= 4 is 64.8 Å². The SMILES string of the molecule is Oc1c(Cl)cc(Cl)cc1/C=N/n1c(-c2ccc(Cl)cc2Cl)n[nH]c1=S. The van der Waals surface area contributed by atoms with Crippen LogP contribution in [-0.4, -0.2) is 26.2 Å². The van der Waals surface area contributed by atoms with Crippen LogP contribution in [0.25, 0.3) is 11.4 Å². The van der Waals surface area contributed by atoms with E-state index in [2.05, 4.69) is 15.3 Å². The van der Waals surface area contributed by atoms with Crippen molar-refractivity contribution in [3.8, 4) is 17.1 Å². The Morgan fingerprint density at radius 1 is 1.08 bits per heavy atom. The second-order valence-corrected chi connectivity index (χ2v) is 6.93. The third-order valence-electron chi connectivity index (χ3n) is 3.19. The van der Waals surface area contributed by atoms with E-state index in [9.17, 15) is 5.11 Å². The molecule has 2 aromatic carbocycles. The molecule has 0 aliphatic rings. The van der Waals surface area contributed by atoms with Gasteiger partial charge in [-0.3, -0.25) is 0 Å². The molecule has 0 radical (unpaired) electrons. The van der Waals surface area contributed by atoms with Gasteiger partial charge >= 0.3 is 0 Å². The molecule has 0 bridgehead atoms. The van der Waals surface area contributed by atoms with E-state index in [-0.39, 0.29) is 15.5 Å². The predicted molar refractivity (Wildman–Crippen MR) is 104 cm³/mol. The number of phenols is 1. The van der Waals surface area contributed by atoms with Gasteiger partial charge in [0.05, 0.1) is 16.3 Å². The Hall–Kier alpha value is -1.57. The Kier molecular flexibility index (Phi) is 5.36. The molecule has 0 amide bonds. The maximum absolute atomic E-state index is 10.0. The molecular formula is C15H8Cl4N4OS. The lowest BCUT2D eigenvalue weighted by molar-refractivity contribution is 0.474. The van der Waals surface area contributed by atoms with Crippen molar-refractivity contribution < 1.29 is 5.11 Å². The van der Waals surface area contributed by atoms with Crippen LogP contribution < -0.4 is 0 Å². The zero-order chi connectivity index (χ0) is 18.1. The number of benzene rings is 2. The first-order valence-electron chi connectivity index (χ1n) is 6.72. The van der Waals surface area contributed by atoms with E-state index in [1.807, 2.05) is 0 Å². The third-order valence-corrected chi connectivity index (χ3v) is 4.51. The Morgan fingerprint density at radius 3 is 2.52 bits per heavy atom. The standard InChI is InChI=1S/C15H8Cl4N4OS/c16-8-1-2-10(11(18)4-8)14-21-22-15(25)23(14)20-6-7-3-9(17)5-12(19)13(7)24/h1-6,24H,(H,22,25)/b20-6+. The van der Waals surface area contributed by atoms with Gasteiger partial charge in [0.1, 0.15) is 5.75 Å². The third kappa shape index (κ3) is 3.83. The average molecular weight is 434 g/mol. The van der Waals surface area contributed by atoms with E-state index >= 15 is 0 Å². The quantitative estimate of drug-likeness (QED) is 0.404. The van der Waals surface area contributed by atoms with Crippen LogP contribution in [0.3, 0.4) is 0 Å². The molecule has 2 N–H and O–H groups in total. The van der Waals surface area contributed by atoms with Crippen LogP contribution in [0, 0.1) is 4.77 Å². The molecule has 0 spiro atoms. The molecule has 3 rings (SSSR count). The number of halogens is 4. The molecule has 128 valence electrons. The van der Waals surface area contributed by atoms with E-state index in [0.717, 1.165) is 0 Å². The molecule has 0 saturated heterocycles. The molecule has 0 fully saturated rings. The number of H-pyrrole nitrogens is 1. The zero-order valence-corrected chi connectivity index (χ0v) is 16.0. The van der Waals surface area contributed by atoms with Gasteiger partial charge in [0.2, 0.25) is 4.77 Å². The highest BCUT2D eigenvalue weighted by Crippen LogP contribution is 2.31. The van der Waals surface area contributed by atoms with Crippen LogP contribution in [-0.2, 0) is 0 Å². The molecular weight excluding hydrogens is 426 g/mol. The molecule has 1 heterocycles. The summed E-state index contributed by atoms with van der Waals surface area (Å²) in [5.74, 6) is 0.242. The molecule has 10 heteroatoms. The highest BCUT2D eigenvalue weighted by atomic mass is 35.5. The maximum Gasteiger partial charge on any atom is 0.216 e. The van der Waals surface area contributed by atoms with Gasteiger partial charge in [0.25, 0.3) is 0 Å². The molecule has 3 aromatic rings. The van der Waals surface area contributed by atoms with E-state index in [4.69, 9.17) is 58.6 Å². The van der Waals surface area contributed by atoms with E-state index < -0.39 is 0 Å². The summed E-state index contributed by atoms with van der Waals surface area (Å²) in [6.45, 7) is 0. The lowest BCUT2D eigenvalue weighted by atomic mass is 10.2. The zero-order valence-electron chi connectivity index (χ0n) is 12.2. The number of nitrogens with one attached hydrogen (secondary N) is 1. The second kappa shape index (κ2) is 7.35. The fraction of sp³-hybridized carbons (Fsp3) is 0. The van der Waals surface area contributed by atoms with Gasteiger partial charge in [-0.2, -0.15) is 14.9 Å². The Morgan fingerprint density at radius 2 is 1.80 bits per heavy atom. The van der Waals surface area contributed by atoms with Gasteiger partial charge in [0.15, 0.2) is 5.82 Å². The number of phenolic OH excluding ortho intramolecular Hbond substituents is 1. The summed E-state index contributed by atoms with van der Waals surface area (Å²) in [4.78, 5) is 0. The first kappa shape index (κ1) is 18.2. The minimum Gasteiger partial charge on any atom is -0.506 e. The van der Waals surface area contributed by atoms with Crippen molar-refractivity contribution in [3.05, 3.63) is 60.8 Å². The van der Waals surface area contributed by atoms with Gasteiger partial charge < -0.3 is 5.11 Å². The van der Waals surface area contributed by atoms with Gasteiger partial charge in [-0.15, -0.1) is 0 Å². The molecule has 0 saturated carbocycles. The molecule has 25 heavy (non-hydrogen) atoms. The summed E-state index contributed by atoms with van der Waals surface area (Å²) < 4.78 is 1.60. The van der Waals surface area contributed by atoms with Crippen LogP contribution >= 0.6 is 58.6 Å². The van der Waals surface area contributed by atoms with Crippen LogP contribution in [0.2, 0.25) is 20.1 Å². The highest BCUT2D eigenvalue weighted by Gasteiger charge is 2.13. The maximum atomic E-state index is 10.0. The Balaban J connectivity index is 2.08. The summed E-state index contributed by atoms with van der Waals surface area (Å²) in [5, 5.41) is 22.4. The molecule has 0 aliphatic heterocycles. The summed E-state index contributed by atoms with van der Waals surface area (Å²) in [7, 11) is 0. The smallest absolute Gasteiger partial charge is 0.216 e. The molecule has 1 aromatic heterocycles. The number of aromatic amines is 1. The Labute approximate surface area is 167 Å². The largest absolute Gasteiger partial charge is 0.506 e. The van der Waals surface area contributed by atoms with Gasteiger partial charge in [-0.1, -0.05) is 46.4 Å². The molecule has 5 nitrogen and oxygen atoms in total. The van der Waals surface area contributed by atoms with Crippen LogP contribution in [0.5, 0.6) is 5.75 Å². The minimum absolute atomic E-state index is 0.116. The number of rotatable bonds is 3. The van der Waals surface area contributed by atoms with Crippen molar-refractivity contribution in [2.24, 2.45) is 5.10 Å². The van der Waals surface area contributed by atoms with Crippen molar-refractivity contribution in [2.45, 2.75) is 0 Å².